The molecule has 4 rings (SSSR count). The van der Waals surface area contributed by atoms with Gasteiger partial charge in [-0.25, -0.2) is 14.1 Å². The van der Waals surface area contributed by atoms with Gasteiger partial charge in [-0.2, -0.15) is 5.10 Å². The number of hydrogen-bond donors (Lipinski definition) is 1. The highest BCUT2D eigenvalue weighted by atomic mass is 19.1. The summed E-state index contributed by atoms with van der Waals surface area (Å²) in [5.74, 6) is 0.236. The number of aryl methyl sites for hydroxylation is 2. The van der Waals surface area contributed by atoms with Crippen LogP contribution in [0.1, 0.15) is 12.2 Å². The lowest BCUT2D eigenvalue weighted by atomic mass is 10.3. The minimum atomic E-state index is -0.366. The normalized spacial score (nSPS) is 11.1. The van der Waals surface area contributed by atoms with Crippen LogP contribution in [-0.2, 0) is 11.3 Å². The SMILES string of the molecule is Cc1cc(NC(=O)CCn2cnc3c(cnn3-c3ccc(F)cc3)c2=O)no1. The molecule has 142 valence electrons. The fourth-order valence-corrected chi connectivity index (χ4v) is 2.73. The molecule has 1 amide bonds. The molecule has 9 nitrogen and oxygen atoms in total. The van der Waals surface area contributed by atoms with E-state index in [9.17, 15) is 14.0 Å². The summed E-state index contributed by atoms with van der Waals surface area (Å²) in [7, 11) is 0. The first-order chi connectivity index (χ1) is 13.5. The van der Waals surface area contributed by atoms with Gasteiger partial charge in [0, 0.05) is 19.0 Å². The highest BCUT2D eigenvalue weighted by molar-refractivity contribution is 5.89. The van der Waals surface area contributed by atoms with Crippen molar-refractivity contribution in [2.45, 2.75) is 19.9 Å². The maximum Gasteiger partial charge on any atom is 0.264 e. The average Bonchev–Trinajstić information content (AvgIpc) is 3.28. The zero-order chi connectivity index (χ0) is 19.7. The van der Waals surface area contributed by atoms with E-state index in [0.29, 0.717) is 28.3 Å². The predicted octanol–water partition coefficient (Wildman–Crippen LogP) is 2.05. The van der Waals surface area contributed by atoms with Gasteiger partial charge in [-0.3, -0.25) is 14.2 Å². The number of aromatic nitrogens is 5. The van der Waals surface area contributed by atoms with Crippen molar-refractivity contribution in [3.05, 3.63) is 64.8 Å². The van der Waals surface area contributed by atoms with Gasteiger partial charge >= 0.3 is 0 Å². The van der Waals surface area contributed by atoms with Crippen molar-refractivity contribution in [1.29, 1.82) is 0 Å². The van der Waals surface area contributed by atoms with Crippen molar-refractivity contribution >= 4 is 22.8 Å². The minimum absolute atomic E-state index is 0.0606. The van der Waals surface area contributed by atoms with Crippen LogP contribution in [0.4, 0.5) is 10.2 Å². The fourth-order valence-electron chi connectivity index (χ4n) is 2.73. The molecular formula is C18H15FN6O3. The number of fused-ring (bicyclic) bond motifs is 1. The van der Waals surface area contributed by atoms with E-state index < -0.39 is 0 Å². The van der Waals surface area contributed by atoms with Gasteiger partial charge in [0.05, 0.1) is 18.2 Å². The number of anilines is 1. The number of hydrogen-bond acceptors (Lipinski definition) is 6. The van der Waals surface area contributed by atoms with Crippen molar-refractivity contribution in [3.8, 4) is 5.69 Å². The number of amides is 1. The smallest absolute Gasteiger partial charge is 0.264 e. The highest BCUT2D eigenvalue weighted by Crippen LogP contribution is 2.14. The molecule has 0 fully saturated rings. The van der Waals surface area contributed by atoms with E-state index in [2.05, 4.69) is 20.6 Å². The third kappa shape index (κ3) is 3.39. The summed E-state index contributed by atoms with van der Waals surface area (Å²) in [4.78, 5) is 28.9. The molecule has 3 aromatic heterocycles. The van der Waals surface area contributed by atoms with E-state index in [1.54, 1.807) is 25.1 Å². The Hall–Kier alpha value is -3.82. The van der Waals surface area contributed by atoms with Gasteiger partial charge in [0.1, 0.15) is 17.0 Å². The Kier molecular flexibility index (Phi) is 4.44. The zero-order valence-electron chi connectivity index (χ0n) is 14.8. The van der Waals surface area contributed by atoms with Crippen LogP contribution in [0.3, 0.4) is 0 Å². The summed E-state index contributed by atoms with van der Waals surface area (Å²) in [5.41, 5.74) is 0.627. The van der Waals surface area contributed by atoms with Gasteiger partial charge in [-0.1, -0.05) is 5.16 Å². The third-order valence-electron chi connectivity index (χ3n) is 4.10. The number of nitrogens with zero attached hydrogens (tertiary/aromatic N) is 5. The van der Waals surface area contributed by atoms with Crippen molar-refractivity contribution in [1.82, 2.24) is 24.5 Å². The van der Waals surface area contributed by atoms with E-state index in [1.807, 2.05) is 0 Å². The molecule has 0 aliphatic rings. The molecule has 1 N–H and O–H groups in total. The molecule has 0 aliphatic carbocycles. The van der Waals surface area contributed by atoms with Gasteiger partial charge in [-0.15, -0.1) is 0 Å². The molecule has 0 atom stereocenters. The highest BCUT2D eigenvalue weighted by Gasteiger charge is 2.13. The first-order valence-electron chi connectivity index (χ1n) is 8.43. The standard InChI is InChI=1S/C18H15FN6O3/c1-11-8-15(23-28-11)22-16(26)6-7-24-10-20-17-14(18(24)27)9-21-25(17)13-4-2-12(19)3-5-13/h2-5,8-10H,6-7H2,1H3,(H,22,23,26). The van der Waals surface area contributed by atoms with Crippen LogP contribution in [0.2, 0.25) is 0 Å². The maximum absolute atomic E-state index is 13.1. The van der Waals surface area contributed by atoms with Gasteiger partial charge in [0.2, 0.25) is 5.91 Å². The predicted molar refractivity (Wildman–Crippen MR) is 97.6 cm³/mol. The Labute approximate surface area is 157 Å². The second-order valence-electron chi connectivity index (χ2n) is 6.13. The molecule has 0 saturated carbocycles. The molecule has 4 aromatic rings. The van der Waals surface area contributed by atoms with Gasteiger partial charge in [0.15, 0.2) is 11.5 Å². The Morgan fingerprint density at radius 3 is 2.79 bits per heavy atom. The summed E-state index contributed by atoms with van der Waals surface area (Å²) in [5, 5.41) is 10.8. The van der Waals surface area contributed by atoms with Crippen LogP contribution in [0.15, 0.2) is 52.2 Å². The number of halogens is 1. The van der Waals surface area contributed by atoms with Crippen LogP contribution < -0.4 is 10.9 Å². The van der Waals surface area contributed by atoms with E-state index in [-0.39, 0.29) is 30.2 Å². The number of benzene rings is 1. The Bertz CT molecular complexity index is 1210. The Morgan fingerprint density at radius 2 is 2.07 bits per heavy atom. The average molecular weight is 382 g/mol. The van der Waals surface area contributed by atoms with Crippen LogP contribution in [-0.4, -0.2) is 30.4 Å². The van der Waals surface area contributed by atoms with E-state index >= 15 is 0 Å². The Balaban J connectivity index is 1.53. The van der Waals surface area contributed by atoms with Gasteiger partial charge in [-0.05, 0) is 31.2 Å². The summed E-state index contributed by atoms with van der Waals surface area (Å²) >= 11 is 0. The van der Waals surface area contributed by atoms with E-state index in [4.69, 9.17) is 4.52 Å². The van der Waals surface area contributed by atoms with Gasteiger partial charge < -0.3 is 9.84 Å². The molecule has 1 aromatic carbocycles. The molecule has 3 heterocycles. The van der Waals surface area contributed by atoms with Crippen LogP contribution in [0.5, 0.6) is 0 Å². The van der Waals surface area contributed by atoms with Crippen LogP contribution >= 0.6 is 0 Å². The molecule has 0 radical (unpaired) electrons. The second-order valence-corrected chi connectivity index (χ2v) is 6.13. The quantitative estimate of drug-likeness (QED) is 0.566. The summed E-state index contributed by atoms with van der Waals surface area (Å²) < 4.78 is 20.8. The number of rotatable bonds is 5. The van der Waals surface area contributed by atoms with Crippen molar-refractivity contribution in [2.75, 3.05) is 5.32 Å². The topological polar surface area (TPSA) is 108 Å². The second kappa shape index (κ2) is 7.06. The van der Waals surface area contributed by atoms with Crippen LogP contribution in [0, 0.1) is 12.7 Å². The first-order valence-corrected chi connectivity index (χ1v) is 8.43. The summed E-state index contributed by atoms with van der Waals surface area (Å²) in [6.45, 7) is 1.86. The summed E-state index contributed by atoms with van der Waals surface area (Å²) in [6, 6.07) is 7.30. The minimum Gasteiger partial charge on any atom is -0.360 e. The molecule has 0 bridgehead atoms. The van der Waals surface area contributed by atoms with Gasteiger partial charge in [0.25, 0.3) is 5.56 Å². The summed E-state index contributed by atoms with van der Waals surface area (Å²) in [6.07, 6.45) is 2.83. The first kappa shape index (κ1) is 17.6. The monoisotopic (exact) mass is 382 g/mol. The molecule has 0 unspecified atom stereocenters. The molecule has 10 heteroatoms. The molecule has 0 saturated heterocycles. The lowest BCUT2D eigenvalue weighted by Gasteiger charge is -2.06. The van der Waals surface area contributed by atoms with Crippen LogP contribution in [0.25, 0.3) is 16.7 Å². The molecular weight excluding hydrogens is 367 g/mol. The number of carbonyl (C=O) groups is 1. The lowest BCUT2D eigenvalue weighted by Crippen LogP contribution is -2.23. The van der Waals surface area contributed by atoms with E-state index in [0.717, 1.165) is 0 Å². The number of nitrogens with one attached hydrogen (secondary N) is 1. The maximum atomic E-state index is 13.1. The fraction of sp³-hybridized carbons (Fsp3) is 0.167. The molecule has 0 aliphatic heterocycles. The van der Waals surface area contributed by atoms with E-state index in [1.165, 1.54) is 33.9 Å². The Morgan fingerprint density at radius 1 is 1.29 bits per heavy atom. The lowest BCUT2D eigenvalue weighted by molar-refractivity contribution is -0.116. The number of carbonyl (C=O) groups excluding carboxylic acids is 1. The third-order valence-corrected chi connectivity index (χ3v) is 4.10. The van der Waals surface area contributed by atoms with Crippen molar-refractivity contribution in [2.24, 2.45) is 0 Å². The molecule has 28 heavy (non-hydrogen) atoms. The van der Waals surface area contributed by atoms with Crippen molar-refractivity contribution in [3.63, 3.8) is 0 Å². The molecule has 0 spiro atoms. The van der Waals surface area contributed by atoms with Crippen molar-refractivity contribution < 1.29 is 13.7 Å². The zero-order valence-corrected chi connectivity index (χ0v) is 14.8. The largest absolute Gasteiger partial charge is 0.360 e.